The summed E-state index contributed by atoms with van der Waals surface area (Å²) in [7, 11) is 1.65. The maximum absolute atomic E-state index is 12.9. The number of pyridine rings is 1. The van der Waals surface area contributed by atoms with Gasteiger partial charge in [-0.25, -0.2) is 4.98 Å². The Bertz CT molecular complexity index is 839. The van der Waals surface area contributed by atoms with Crippen molar-refractivity contribution in [3.05, 3.63) is 51.6 Å². The molecule has 0 spiro atoms. The number of amides is 1. The van der Waals surface area contributed by atoms with E-state index in [9.17, 15) is 4.79 Å². The molecule has 1 fully saturated rings. The fourth-order valence-corrected chi connectivity index (χ4v) is 3.55. The van der Waals surface area contributed by atoms with Crippen LogP contribution in [0.2, 0.25) is 10.0 Å². The Kier molecular flexibility index (Phi) is 6.99. The number of benzene rings is 1. The van der Waals surface area contributed by atoms with Gasteiger partial charge in [-0.05, 0) is 31.2 Å². The number of carbonyl (C=O) groups excluding carboxylic acids is 1. The number of carbonyl (C=O) groups is 1. The van der Waals surface area contributed by atoms with E-state index in [2.05, 4.69) is 9.88 Å². The number of hydrogen-bond donors (Lipinski definition) is 0. The molecule has 150 valence electrons. The lowest BCUT2D eigenvalue weighted by Crippen LogP contribution is -2.48. The molecule has 1 aliphatic rings. The average Bonchev–Trinajstić information content (AvgIpc) is 2.70. The molecule has 28 heavy (non-hydrogen) atoms. The number of methoxy groups -OCH3 is 1. The summed E-state index contributed by atoms with van der Waals surface area (Å²) < 4.78 is 10.8. The molecule has 2 heterocycles. The van der Waals surface area contributed by atoms with Gasteiger partial charge in [-0.1, -0.05) is 23.2 Å². The van der Waals surface area contributed by atoms with E-state index in [0.717, 1.165) is 24.4 Å². The van der Waals surface area contributed by atoms with Crippen molar-refractivity contribution in [2.24, 2.45) is 0 Å². The van der Waals surface area contributed by atoms with Crippen molar-refractivity contribution in [1.82, 2.24) is 14.8 Å². The van der Waals surface area contributed by atoms with Crippen LogP contribution in [0.15, 0.2) is 30.3 Å². The summed E-state index contributed by atoms with van der Waals surface area (Å²) in [5.41, 5.74) is 1.27. The van der Waals surface area contributed by atoms with Gasteiger partial charge in [-0.3, -0.25) is 9.69 Å². The zero-order chi connectivity index (χ0) is 20.1. The molecule has 0 aliphatic carbocycles. The number of rotatable bonds is 6. The molecule has 1 aromatic heterocycles. The normalized spacial score (nSPS) is 14.8. The largest absolute Gasteiger partial charge is 0.496 e. The number of halogens is 2. The zero-order valence-corrected chi connectivity index (χ0v) is 17.5. The van der Waals surface area contributed by atoms with Crippen molar-refractivity contribution in [3.8, 4) is 11.6 Å². The Morgan fingerprint density at radius 2 is 1.89 bits per heavy atom. The van der Waals surface area contributed by atoms with Crippen LogP contribution in [0.3, 0.4) is 0 Å². The van der Waals surface area contributed by atoms with Gasteiger partial charge < -0.3 is 14.4 Å². The molecule has 3 rings (SSSR count). The van der Waals surface area contributed by atoms with Crippen LogP contribution in [0, 0.1) is 0 Å². The van der Waals surface area contributed by atoms with Gasteiger partial charge in [0.15, 0.2) is 5.69 Å². The summed E-state index contributed by atoms with van der Waals surface area (Å²) in [5.74, 6) is 1.04. The van der Waals surface area contributed by atoms with Crippen LogP contribution in [0.5, 0.6) is 11.6 Å². The monoisotopic (exact) mass is 423 g/mol. The standard InChI is InChI=1S/C20H23Cl2N3O3/c1-3-28-18-7-5-16(22)19(23-18)20(26)25-10-8-24(9-11-25)13-14-12-15(21)4-6-17(14)27-2/h4-7,12H,3,8-11,13H2,1-2H3. The smallest absolute Gasteiger partial charge is 0.274 e. The first kappa shape index (κ1) is 20.7. The maximum atomic E-state index is 12.9. The van der Waals surface area contributed by atoms with Crippen molar-refractivity contribution in [1.29, 1.82) is 0 Å². The first-order chi connectivity index (χ1) is 13.5. The van der Waals surface area contributed by atoms with Crippen LogP contribution in [-0.4, -0.2) is 60.6 Å². The van der Waals surface area contributed by atoms with Crippen molar-refractivity contribution in [2.45, 2.75) is 13.5 Å². The molecule has 1 amide bonds. The van der Waals surface area contributed by atoms with E-state index in [0.29, 0.717) is 42.2 Å². The number of nitrogens with zero attached hydrogens (tertiary/aromatic N) is 3. The molecule has 6 nitrogen and oxygen atoms in total. The molecule has 0 radical (unpaired) electrons. The molecule has 1 aromatic carbocycles. The highest BCUT2D eigenvalue weighted by molar-refractivity contribution is 6.33. The first-order valence-electron chi connectivity index (χ1n) is 9.15. The van der Waals surface area contributed by atoms with Crippen molar-refractivity contribution in [3.63, 3.8) is 0 Å². The van der Waals surface area contributed by atoms with E-state index < -0.39 is 0 Å². The molecular formula is C20H23Cl2N3O3. The second-order valence-corrected chi connectivity index (χ2v) is 7.28. The molecule has 1 saturated heterocycles. The predicted octanol–water partition coefficient (Wildman–Crippen LogP) is 3.75. The van der Waals surface area contributed by atoms with E-state index in [4.69, 9.17) is 32.7 Å². The molecule has 0 atom stereocenters. The van der Waals surface area contributed by atoms with Gasteiger partial charge in [0.2, 0.25) is 5.88 Å². The summed E-state index contributed by atoms with van der Waals surface area (Å²) in [5, 5.41) is 1.01. The van der Waals surface area contributed by atoms with Gasteiger partial charge in [0, 0.05) is 49.4 Å². The van der Waals surface area contributed by atoms with E-state index >= 15 is 0 Å². The van der Waals surface area contributed by atoms with Crippen LogP contribution in [0.4, 0.5) is 0 Å². The summed E-state index contributed by atoms with van der Waals surface area (Å²) in [6.07, 6.45) is 0. The summed E-state index contributed by atoms with van der Waals surface area (Å²) >= 11 is 12.3. The molecule has 0 bridgehead atoms. The first-order valence-corrected chi connectivity index (χ1v) is 9.90. The Balaban J connectivity index is 1.63. The molecule has 0 unspecified atom stereocenters. The van der Waals surface area contributed by atoms with Crippen LogP contribution in [-0.2, 0) is 6.54 Å². The molecule has 0 N–H and O–H groups in total. The van der Waals surface area contributed by atoms with Crippen LogP contribution < -0.4 is 9.47 Å². The minimum absolute atomic E-state index is 0.175. The molecular weight excluding hydrogens is 401 g/mol. The lowest BCUT2D eigenvalue weighted by molar-refractivity contribution is 0.0621. The second-order valence-electron chi connectivity index (χ2n) is 6.44. The lowest BCUT2D eigenvalue weighted by atomic mass is 10.1. The zero-order valence-electron chi connectivity index (χ0n) is 16.0. The Morgan fingerprint density at radius 1 is 1.14 bits per heavy atom. The highest BCUT2D eigenvalue weighted by Gasteiger charge is 2.25. The van der Waals surface area contributed by atoms with Gasteiger partial charge in [-0.15, -0.1) is 0 Å². The van der Waals surface area contributed by atoms with E-state index in [-0.39, 0.29) is 11.6 Å². The number of hydrogen-bond acceptors (Lipinski definition) is 5. The Labute approximate surface area is 175 Å². The quantitative estimate of drug-likeness (QED) is 0.707. The topological polar surface area (TPSA) is 54.9 Å². The summed E-state index contributed by atoms with van der Waals surface area (Å²) in [6.45, 7) is 5.73. The van der Waals surface area contributed by atoms with Crippen LogP contribution >= 0.6 is 23.2 Å². The van der Waals surface area contributed by atoms with Gasteiger partial charge >= 0.3 is 0 Å². The summed E-state index contributed by atoms with van der Waals surface area (Å²) in [6, 6.07) is 8.91. The Morgan fingerprint density at radius 3 is 2.57 bits per heavy atom. The third-order valence-corrected chi connectivity index (χ3v) is 5.15. The van der Waals surface area contributed by atoms with Crippen LogP contribution in [0.25, 0.3) is 0 Å². The third kappa shape index (κ3) is 4.87. The minimum atomic E-state index is -0.175. The molecule has 0 saturated carbocycles. The minimum Gasteiger partial charge on any atom is -0.496 e. The lowest BCUT2D eigenvalue weighted by Gasteiger charge is -2.35. The van der Waals surface area contributed by atoms with Crippen molar-refractivity contribution >= 4 is 29.1 Å². The van der Waals surface area contributed by atoms with E-state index in [1.54, 1.807) is 24.1 Å². The molecule has 2 aromatic rings. The van der Waals surface area contributed by atoms with E-state index in [1.807, 2.05) is 25.1 Å². The Hall–Kier alpha value is -2.02. The number of aromatic nitrogens is 1. The summed E-state index contributed by atoms with van der Waals surface area (Å²) in [4.78, 5) is 21.2. The fraction of sp³-hybridized carbons (Fsp3) is 0.400. The third-order valence-electron chi connectivity index (χ3n) is 4.61. The number of piperazine rings is 1. The van der Waals surface area contributed by atoms with Gasteiger partial charge in [0.05, 0.1) is 18.7 Å². The van der Waals surface area contributed by atoms with E-state index in [1.165, 1.54) is 0 Å². The van der Waals surface area contributed by atoms with Crippen molar-refractivity contribution in [2.75, 3.05) is 39.9 Å². The maximum Gasteiger partial charge on any atom is 0.274 e. The highest BCUT2D eigenvalue weighted by atomic mass is 35.5. The fourth-order valence-electron chi connectivity index (χ4n) is 3.17. The van der Waals surface area contributed by atoms with Gasteiger partial charge in [0.1, 0.15) is 5.75 Å². The predicted molar refractivity (Wildman–Crippen MR) is 110 cm³/mol. The highest BCUT2D eigenvalue weighted by Crippen LogP contribution is 2.25. The molecule has 8 heteroatoms. The number of ether oxygens (including phenoxy) is 2. The van der Waals surface area contributed by atoms with Crippen molar-refractivity contribution < 1.29 is 14.3 Å². The average molecular weight is 424 g/mol. The van der Waals surface area contributed by atoms with Crippen LogP contribution in [0.1, 0.15) is 23.0 Å². The molecule has 1 aliphatic heterocycles. The van der Waals surface area contributed by atoms with Gasteiger partial charge in [0.25, 0.3) is 5.91 Å². The second kappa shape index (κ2) is 9.45. The SMILES string of the molecule is CCOc1ccc(Cl)c(C(=O)N2CCN(Cc3cc(Cl)ccc3OC)CC2)n1. The van der Waals surface area contributed by atoms with Gasteiger partial charge in [-0.2, -0.15) is 0 Å².